The highest BCUT2D eigenvalue weighted by Gasteiger charge is 2.09. The Morgan fingerprint density at radius 2 is 2.15 bits per heavy atom. The molecule has 0 aliphatic carbocycles. The molecule has 0 fully saturated rings. The third kappa shape index (κ3) is 3.21. The number of anilines is 1. The van der Waals surface area contributed by atoms with Gasteiger partial charge in [-0.15, -0.1) is 11.8 Å². The van der Waals surface area contributed by atoms with Crippen LogP contribution in [0.1, 0.15) is 21.6 Å². The quantitative estimate of drug-likeness (QED) is 0.848. The Hall–Kier alpha value is -1.77. The Morgan fingerprint density at radius 3 is 2.80 bits per heavy atom. The molecular weight excluding hydrogens is 286 g/mol. The maximum absolute atomic E-state index is 9.15. The molecule has 1 heterocycles. The molecule has 1 N–H and O–H groups in total. The van der Waals surface area contributed by atoms with Gasteiger partial charge in [-0.25, -0.2) is 0 Å². The number of nitrogens with one attached hydrogen (secondary N) is 1. The lowest BCUT2D eigenvalue weighted by molar-refractivity contribution is 1.25. The van der Waals surface area contributed by atoms with Crippen LogP contribution in [0.2, 0.25) is 0 Å². The van der Waals surface area contributed by atoms with Crippen LogP contribution in [-0.4, -0.2) is 10.6 Å². The van der Waals surface area contributed by atoms with Crippen LogP contribution in [0.3, 0.4) is 0 Å². The fourth-order valence-electron chi connectivity index (χ4n) is 1.69. The first-order valence-corrected chi connectivity index (χ1v) is 8.09. The second-order valence-corrected chi connectivity index (χ2v) is 5.92. The SMILES string of the molecule is CSc1nsc(C=CNc2ccc(C)c(C)c2)c1C#N. The van der Waals surface area contributed by atoms with Gasteiger partial charge in [0.15, 0.2) is 0 Å². The summed E-state index contributed by atoms with van der Waals surface area (Å²) in [7, 11) is 0. The second kappa shape index (κ2) is 6.60. The van der Waals surface area contributed by atoms with E-state index in [-0.39, 0.29) is 0 Å². The Morgan fingerprint density at radius 1 is 1.35 bits per heavy atom. The summed E-state index contributed by atoms with van der Waals surface area (Å²) in [6.45, 7) is 4.18. The number of hydrogen-bond donors (Lipinski definition) is 1. The van der Waals surface area contributed by atoms with Crippen LogP contribution in [0.4, 0.5) is 5.69 Å². The molecule has 0 unspecified atom stereocenters. The first kappa shape index (κ1) is 14.6. The van der Waals surface area contributed by atoms with Crippen molar-refractivity contribution < 1.29 is 0 Å². The molecule has 5 heteroatoms. The molecule has 0 aliphatic rings. The molecule has 0 amide bonds. The van der Waals surface area contributed by atoms with Gasteiger partial charge in [-0.3, -0.25) is 0 Å². The van der Waals surface area contributed by atoms with E-state index in [1.807, 2.05) is 24.6 Å². The molecule has 0 aliphatic heterocycles. The van der Waals surface area contributed by atoms with E-state index in [4.69, 9.17) is 5.26 Å². The summed E-state index contributed by atoms with van der Waals surface area (Å²) in [5.74, 6) is 0. The number of aryl methyl sites for hydroxylation is 2. The number of benzene rings is 1. The largest absolute Gasteiger partial charge is 0.362 e. The Bertz CT molecular complexity index is 681. The van der Waals surface area contributed by atoms with Gasteiger partial charge in [0, 0.05) is 11.9 Å². The van der Waals surface area contributed by atoms with Crippen LogP contribution >= 0.6 is 23.3 Å². The van der Waals surface area contributed by atoms with Gasteiger partial charge in [-0.05, 0) is 61.0 Å². The standard InChI is InChI=1S/C15H15N3S2/c1-10-4-5-12(8-11(10)2)17-7-6-14-13(9-16)15(19-3)18-20-14/h4-8,17H,1-3H3. The van der Waals surface area contributed by atoms with Crippen LogP contribution in [-0.2, 0) is 0 Å². The van der Waals surface area contributed by atoms with Crippen molar-refractivity contribution in [3.05, 3.63) is 46.0 Å². The smallest absolute Gasteiger partial charge is 0.128 e. The summed E-state index contributed by atoms with van der Waals surface area (Å²) in [6, 6.07) is 8.44. The monoisotopic (exact) mass is 301 g/mol. The summed E-state index contributed by atoms with van der Waals surface area (Å²) in [5.41, 5.74) is 4.22. The van der Waals surface area contributed by atoms with Gasteiger partial charge in [0.05, 0.1) is 4.88 Å². The number of aromatic nitrogens is 1. The second-order valence-electron chi connectivity index (χ2n) is 4.32. The summed E-state index contributed by atoms with van der Waals surface area (Å²) in [6.07, 6.45) is 5.67. The van der Waals surface area contributed by atoms with Crippen molar-refractivity contribution in [2.75, 3.05) is 11.6 Å². The molecule has 0 atom stereocenters. The Kier molecular flexibility index (Phi) is 4.83. The molecule has 0 saturated heterocycles. The lowest BCUT2D eigenvalue weighted by atomic mass is 10.1. The van der Waals surface area contributed by atoms with Gasteiger partial charge in [-0.2, -0.15) is 9.64 Å². The van der Waals surface area contributed by atoms with E-state index in [0.29, 0.717) is 5.56 Å². The van der Waals surface area contributed by atoms with Crippen LogP contribution in [0.25, 0.3) is 6.08 Å². The summed E-state index contributed by atoms with van der Waals surface area (Å²) in [5, 5.41) is 13.2. The molecule has 2 rings (SSSR count). The maximum atomic E-state index is 9.15. The van der Waals surface area contributed by atoms with E-state index in [1.165, 1.54) is 34.4 Å². The average molecular weight is 301 g/mol. The third-order valence-electron chi connectivity index (χ3n) is 2.98. The van der Waals surface area contributed by atoms with Crippen LogP contribution in [0.15, 0.2) is 29.4 Å². The van der Waals surface area contributed by atoms with Crippen molar-refractivity contribution in [2.24, 2.45) is 0 Å². The molecule has 0 bridgehead atoms. The Labute approximate surface area is 127 Å². The first-order chi connectivity index (χ1) is 9.65. The van der Waals surface area contributed by atoms with Gasteiger partial charge < -0.3 is 5.32 Å². The molecule has 20 heavy (non-hydrogen) atoms. The summed E-state index contributed by atoms with van der Waals surface area (Å²) < 4.78 is 4.26. The molecule has 3 nitrogen and oxygen atoms in total. The normalized spacial score (nSPS) is 10.7. The summed E-state index contributed by atoms with van der Waals surface area (Å²) in [4.78, 5) is 0.883. The first-order valence-electron chi connectivity index (χ1n) is 6.10. The third-order valence-corrected chi connectivity index (χ3v) is 4.59. The van der Waals surface area contributed by atoms with Crippen molar-refractivity contribution in [1.29, 1.82) is 5.26 Å². The van der Waals surface area contributed by atoms with Gasteiger partial charge in [0.2, 0.25) is 0 Å². The minimum atomic E-state index is 0.653. The number of hydrogen-bond acceptors (Lipinski definition) is 5. The highest BCUT2D eigenvalue weighted by molar-refractivity contribution is 7.98. The van der Waals surface area contributed by atoms with E-state index in [0.717, 1.165) is 15.6 Å². The number of nitrogens with zero attached hydrogens (tertiary/aromatic N) is 2. The molecule has 0 radical (unpaired) electrons. The fourth-order valence-corrected chi connectivity index (χ4v) is 3.16. The Balaban J connectivity index is 2.12. The topological polar surface area (TPSA) is 48.7 Å². The van der Waals surface area contributed by atoms with Crippen LogP contribution in [0, 0.1) is 25.2 Å². The summed E-state index contributed by atoms with van der Waals surface area (Å²) >= 11 is 2.84. The van der Waals surface area contributed by atoms with E-state index < -0.39 is 0 Å². The fraction of sp³-hybridized carbons (Fsp3) is 0.200. The number of thioether (sulfide) groups is 1. The van der Waals surface area contributed by atoms with E-state index >= 15 is 0 Å². The minimum absolute atomic E-state index is 0.653. The van der Waals surface area contributed by atoms with Crippen LogP contribution in [0.5, 0.6) is 0 Å². The highest BCUT2D eigenvalue weighted by Crippen LogP contribution is 2.26. The zero-order valence-corrected chi connectivity index (χ0v) is 13.2. The highest BCUT2D eigenvalue weighted by atomic mass is 32.2. The average Bonchev–Trinajstić information content (AvgIpc) is 2.85. The van der Waals surface area contributed by atoms with Crippen molar-refractivity contribution in [1.82, 2.24) is 4.37 Å². The molecular formula is C15H15N3S2. The van der Waals surface area contributed by atoms with Crippen molar-refractivity contribution in [2.45, 2.75) is 18.9 Å². The lowest BCUT2D eigenvalue weighted by Gasteiger charge is -2.04. The zero-order chi connectivity index (χ0) is 14.5. The molecule has 102 valence electrons. The molecule has 0 spiro atoms. The van der Waals surface area contributed by atoms with Crippen LogP contribution < -0.4 is 5.32 Å². The molecule has 2 aromatic rings. The van der Waals surface area contributed by atoms with Gasteiger partial charge in [-0.1, -0.05) is 6.07 Å². The van der Waals surface area contributed by atoms with Crippen molar-refractivity contribution in [3.63, 3.8) is 0 Å². The van der Waals surface area contributed by atoms with Gasteiger partial charge >= 0.3 is 0 Å². The molecule has 0 saturated carbocycles. The van der Waals surface area contributed by atoms with E-state index in [2.05, 4.69) is 41.7 Å². The van der Waals surface area contributed by atoms with E-state index in [1.54, 1.807) is 0 Å². The number of nitriles is 1. The molecule has 1 aromatic heterocycles. The van der Waals surface area contributed by atoms with Gasteiger partial charge in [0.1, 0.15) is 16.7 Å². The van der Waals surface area contributed by atoms with Gasteiger partial charge in [0.25, 0.3) is 0 Å². The predicted octanol–water partition coefficient (Wildman–Crippen LogP) is 4.44. The van der Waals surface area contributed by atoms with Crippen molar-refractivity contribution >= 4 is 35.1 Å². The zero-order valence-electron chi connectivity index (χ0n) is 11.6. The predicted molar refractivity (Wildman–Crippen MR) is 87.2 cm³/mol. The maximum Gasteiger partial charge on any atom is 0.128 e. The molecule has 1 aromatic carbocycles. The lowest BCUT2D eigenvalue weighted by Crippen LogP contribution is -1.89. The van der Waals surface area contributed by atoms with Crippen molar-refractivity contribution in [3.8, 4) is 6.07 Å². The van der Waals surface area contributed by atoms with E-state index in [9.17, 15) is 0 Å². The number of rotatable bonds is 4. The minimum Gasteiger partial charge on any atom is -0.362 e.